The van der Waals surface area contributed by atoms with Gasteiger partial charge in [-0.1, -0.05) is 10.6 Å². The van der Waals surface area contributed by atoms with Crippen LogP contribution in [-0.4, -0.2) is 33.2 Å². The molecule has 108 valence electrons. The number of hydrogen-bond donors (Lipinski definition) is 2. The molecule has 0 saturated heterocycles. The minimum absolute atomic E-state index is 0.254. The molecule has 2 heterocycles. The van der Waals surface area contributed by atoms with Gasteiger partial charge in [-0.05, 0) is 30.5 Å². The summed E-state index contributed by atoms with van der Waals surface area (Å²) in [5, 5.41) is 16.2. The number of fused-ring (bicyclic) bond motifs is 1. The topological polar surface area (TPSA) is 95.4 Å². The average Bonchev–Trinajstić information content (AvgIpc) is 2.98. The minimum atomic E-state index is -0.972. The van der Waals surface area contributed by atoms with E-state index >= 15 is 0 Å². The fourth-order valence-electron chi connectivity index (χ4n) is 2.43. The van der Waals surface area contributed by atoms with E-state index in [1.165, 1.54) is 6.20 Å². The van der Waals surface area contributed by atoms with Gasteiger partial charge in [-0.2, -0.15) is 0 Å². The summed E-state index contributed by atoms with van der Waals surface area (Å²) in [4.78, 5) is 25.2. The molecule has 0 radical (unpaired) electrons. The molecule has 0 aliphatic carbocycles. The SMILES string of the molecule is O=C(O)c1cccc2c1CCCN2C(=O)Nc1cnns1. The second kappa shape index (κ2) is 5.49. The summed E-state index contributed by atoms with van der Waals surface area (Å²) in [5.74, 6) is -0.972. The Hall–Kier alpha value is -2.48. The molecular weight excluding hydrogens is 292 g/mol. The van der Waals surface area contributed by atoms with Crippen LogP contribution in [0.2, 0.25) is 0 Å². The predicted molar refractivity (Wildman–Crippen MR) is 78.0 cm³/mol. The first-order valence-electron chi connectivity index (χ1n) is 6.38. The molecule has 0 bridgehead atoms. The third-order valence-corrected chi connectivity index (χ3v) is 3.90. The zero-order chi connectivity index (χ0) is 14.8. The second-order valence-electron chi connectivity index (χ2n) is 4.58. The smallest absolute Gasteiger partial charge is 0.336 e. The molecule has 0 unspecified atom stereocenters. The van der Waals surface area contributed by atoms with Crippen LogP contribution in [0.3, 0.4) is 0 Å². The Bertz CT molecular complexity index is 687. The average molecular weight is 304 g/mol. The van der Waals surface area contributed by atoms with E-state index in [0.29, 0.717) is 29.2 Å². The second-order valence-corrected chi connectivity index (χ2v) is 5.36. The minimum Gasteiger partial charge on any atom is -0.478 e. The van der Waals surface area contributed by atoms with Crippen LogP contribution in [0, 0.1) is 0 Å². The van der Waals surface area contributed by atoms with Crippen molar-refractivity contribution in [1.29, 1.82) is 0 Å². The van der Waals surface area contributed by atoms with Crippen LogP contribution in [0.1, 0.15) is 22.3 Å². The maximum atomic E-state index is 12.3. The lowest BCUT2D eigenvalue weighted by Crippen LogP contribution is -2.39. The number of carbonyl (C=O) groups is 2. The van der Waals surface area contributed by atoms with E-state index in [4.69, 9.17) is 0 Å². The molecule has 21 heavy (non-hydrogen) atoms. The Balaban J connectivity index is 1.92. The number of amides is 2. The molecule has 3 rings (SSSR count). The Kier molecular flexibility index (Phi) is 3.53. The zero-order valence-corrected chi connectivity index (χ0v) is 11.8. The van der Waals surface area contributed by atoms with Gasteiger partial charge in [-0.25, -0.2) is 9.59 Å². The van der Waals surface area contributed by atoms with Crippen LogP contribution in [0.5, 0.6) is 0 Å². The predicted octanol–water partition coefficient (Wildman–Crippen LogP) is 2.22. The number of hydrogen-bond acceptors (Lipinski definition) is 5. The number of aromatic carboxylic acids is 1. The molecule has 2 aromatic rings. The van der Waals surface area contributed by atoms with Crippen molar-refractivity contribution in [3.8, 4) is 0 Å². The van der Waals surface area contributed by atoms with Crippen molar-refractivity contribution < 1.29 is 14.7 Å². The quantitative estimate of drug-likeness (QED) is 0.887. The number of urea groups is 1. The summed E-state index contributed by atoms with van der Waals surface area (Å²) in [6, 6.07) is 4.69. The summed E-state index contributed by atoms with van der Waals surface area (Å²) >= 11 is 1.09. The highest BCUT2D eigenvalue weighted by Crippen LogP contribution is 2.30. The molecule has 8 heteroatoms. The van der Waals surface area contributed by atoms with Crippen molar-refractivity contribution in [3.05, 3.63) is 35.5 Å². The highest BCUT2D eigenvalue weighted by Gasteiger charge is 2.26. The van der Waals surface area contributed by atoms with Gasteiger partial charge in [-0.15, -0.1) is 5.10 Å². The molecular formula is C13H12N4O3S. The van der Waals surface area contributed by atoms with Crippen LogP contribution >= 0.6 is 11.5 Å². The number of aromatic nitrogens is 2. The van der Waals surface area contributed by atoms with E-state index in [0.717, 1.165) is 18.0 Å². The molecule has 0 atom stereocenters. The molecule has 1 aliphatic rings. The number of benzene rings is 1. The number of carbonyl (C=O) groups excluding carboxylic acids is 1. The Morgan fingerprint density at radius 2 is 2.24 bits per heavy atom. The number of carboxylic acid groups (broad SMARTS) is 1. The third-order valence-electron chi connectivity index (χ3n) is 3.32. The summed E-state index contributed by atoms with van der Waals surface area (Å²) in [7, 11) is 0. The van der Waals surface area contributed by atoms with Gasteiger partial charge in [-0.3, -0.25) is 10.2 Å². The molecule has 2 N–H and O–H groups in total. The van der Waals surface area contributed by atoms with Gasteiger partial charge >= 0.3 is 12.0 Å². The Morgan fingerprint density at radius 3 is 2.95 bits per heavy atom. The number of rotatable bonds is 2. The fraction of sp³-hybridized carbons (Fsp3) is 0.231. The maximum Gasteiger partial charge on any atom is 0.336 e. The normalized spacial score (nSPS) is 13.6. The molecule has 1 aliphatic heterocycles. The Labute approximate surface area is 124 Å². The summed E-state index contributed by atoms with van der Waals surface area (Å²) in [6.07, 6.45) is 2.86. The molecule has 1 aromatic heterocycles. The lowest BCUT2D eigenvalue weighted by molar-refractivity contribution is 0.0695. The number of carboxylic acids is 1. The van der Waals surface area contributed by atoms with Crippen molar-refractivity contribution >= 4 is 34.2 Å². The number of anilines is 2. The summed E-state index contributed by atoms with van der Waals surface area (Å²) in [6.45, 7) is 0.550. The van der Waals surface area contributed by atoms with Gasteiger partial charge in [0.15, 0.2) is 0 Å². The number of nitrogens with zero attached hydrogens (tertiary/aromatic N) is 3. The first-order valence-corrected chi connectivity index (χ1v) is 7.15. The van der Waals surface area contributed by atoms with Gasteiger partial charge < -0.3 is 5.11 Å². The van der Waals surface area contributed by atoms with Gasteiger partial charge in [0.25, 0.3) is 0 Å². The summed E-state index contributed by atoms with van der Waals surface area (Å²) < 4.78 is 3.68. The van der Waals surface area contributed by atoms with Crippen LogP contribution in [0.15, 0.2) is 24.4 Å². The van der Waals surface area contributed by atoms with Crippen LogP contribution in [0.25, 0.3) is 0 Å². The van der Waals surface area contributed by atoms with E-state index in [-0.39, 0.29) is 11.6 Å². The fourth-order valence-corrected chi connectivity index (χ4v) is 2.84. The van der Waals surface area contributed by atoms with E-state index in [2.05, 4.69) is 14.9 Å². The molecule has 0 fully saturated rings. The molecule has 1 aromatic carbocycles. The lowest BCUT2D eigenvalue weighted by Gasteiger charge is -2.30. The third kappa shape index (κ3) is 2.57. The lowest BCUT2D eigenvalue weighted by atomic mass is 9.96. The van der Waals surface area contributed by atoms with Crippen molar-refractivity contribution in [1.82, 2.24) is 9.59 Å². The van der Waals surface area contributed by atoms with E-state index in [1.54, 1.807) is 23.1 Å². The monoisotopic (exact) mass is 304 g/mol. The first-order chi connectivity index (χ1) is 10.2. The van der Waals surface area contributed by atoms with Crippen LogP contribution < -0.4 is 10.2 Å². The first kappa shape index (κ1) is 13.5. The molecule has 2 amide bonds. The molecule has 0 saturated carbocycles. The van der Waals surface area contributed by atoms with Crippen LogP contribution in [-0.2, 0) is 6.42 Å². The van der Waals surface area contributed by atoms with Gasteiger partial charge in [0.2, 0.25) is 0 Å². The zero-order valence-electron chi connectivity index (χ0n) is 10.9. The van der Waals surface area contributed by atoms with Crippen molar-refractivity contribution in [2.75, 3.05) is 16.8 Å². The van der Waals surface area contributed by atoms with Crippen molar-refractivity contribution in [2.24, 2.45) is 0 Å². The van der Waals surface area contributed by atoms with Crippen molar-refractivity contribution in [2.45, 2.75) is 12.8 Å². The highest BCUT2D eigenvalue weighted by atomic mass is 32.1. The van der Waals surface area contributed by atoms with E-state index < -0.39 is 5.97 Å². The van der Waals surface area contributed by atoms with Crippen LogP contribution in [0.4, 0.5) is 15.5 Å². The largest absolute Gasteiger partial charge is 0.478 e. The van der Waals surface area contributed by atoms with Gasteiger partial charge in [0.1, 0.15) is 5.00 Å². The number of nitrogens with one attached hydrogen (secondary N) is 1. The Morgan fingerprint density at radius 1 is 1.38 bits per heavy atom. The molecule has 0 spiro atoms. The van der Waals surface area contributed by atoms with E-state index in [9.17, 15) is 14.7 Å². The highest BCUT2D eigenvalue weighted by molar-refractivity contribution is 7.10. The van der Waals surface area contributed by atoms with E-state index in [1.807, 2.05) is 0 Å². The van der Waals surface area contributed by atoms with Gasteiger partial charge in [0.05, 0.1) is 11.8 Å². The van der Waals surface area contributed by atoms with Gasteiger partial charge in [0, 0.05) is 23.8 Å². The molecule has 7 nitrogen and oxygen atoms in total. The summed E-state index contributed by atoms with van der Waals surface area (Å²) in [5.41, 5.74) is 1.61. The maximum absolute atomic E-state index is 12.3. The van der Waals surface area contributed by atoms with Crippen molar-refractivity contribution in [3.63, 3.8) is 0 Å². The standard InChI is InChI=1S/C13H12N4O3S/c18-12(19)9-3-1-5-10-8(9)4-2-6-17(10)13(20)15-11-7-14-16-21-11/h1,3,5,7H,2,4,6H2,(H,15,20)(H,18,19).